The fraction of sp³-hybridized carbons (Fsp3) is 0.257. The van der Waals surface area contributed by atoms with E-state index >= 15 is 0 Å². The monoisotopic (exact) mass is 532 g/mol. The van der Waals surface area contributed by atoms with Gasteiger partial charge in [0.25, 0.3) is 5.91 Å². The van der Waals surface area contributed by atoms with Gasteiger partial charge >= 0.3 is 0 Å². The molecule has 0 atom stereocenters. The number of pyridine rings is 1. The van der Waals surface area contributed by atoms with Gasteiger partial charge in [-0.2, -0.15) is 0 Å². The summed E-state index contributed by atoms with van der Waals surface area (Å²) in [6.45, 7) is 6.38. The van der Waals surface area contributed by atoms with E-state index in [1.165, 1.54) is 47.1 Å². The van der Waals surface area contributed by atoms with E-state index in [4.69, 9.17) is 16.6 Å². The van der Waals surface area contributed by atoms with Crippen molar-refractivity contribution in [2.75, 3.05) is 5.32 Å². The van der Waals surface area contributed by atoms with Crippen molar-refractivity contribution in [3.63, 3.8) is 0 Å². The van der Waals surface area contributed by atoms with E-state index in [0.717, 1.165) is 52.1 Å². The van der Waals surface area contributed by atoms with Crippen LogP contribution in [0.5, 0.6) is 0 Å². The van der Waals surface area contributed by atoms with Gasteiger partial charge in [-0.05, 0) is 85.9 Å². The number of carbonyl (C=O) groups excluding carboxylic acids is 1. The molecular weight excluding hydrogens is 500 g/mol. The molecule has 1 aliphatic heterocycles. The summed E-state index contributed by atoms with van der Waals surface area (Å²) in [4.78, 5) is 17.9. The van der Waals surface area contributed by atoms with Gasteiger partial charge in [0.15, 0.2) is 0 Å². The molecule has 2 aliphatic rings. The third kappa shape index (κ3) is 4.81. The summed E-state index contributed by atoms with van der Waals surface area (Å²) < 4.78 is 0. The van der Waals surface area contributed by atoms with Gasteiger partial charge in [0.05, 0.1) is 16.4 Å². The fourth-order valence-electron chi connectivity index (χ4n) is 5.96. The Bertz CT molecular complexity index is 1610. The zero-order valence-electron chi connectivity index (χ0n) is 22.8. The van der Waals surface area contributed by atoms with Crippen LogP contribution in [0.15, 0.2) is 78.5 Å². The summed E-state index contributed by atoms with van der Waals surface area (Å²) in [5, 5.41) is 3.63. The summed E-state index contributed by atoms with van der Waals surface area (Å²) >= 11 is 6.75. The molecule has 2 heterocycles. The Morgan fingerprint density at radius 3 is 2.54 bits per heavy atom. The van der Waals surface area contributed by atoms with E-state index in [1.807, 2.05) is 18.3 Å². The Morgan fingerprint density at radius 1 is 1.00 bits per heavy atom. The van der Waals surface area contributed by atoms with Crippen molar-refractivity contribution in [1.82, 2.24) is 4.98 Å². The lowest BCUT2D eigenvalue weighted by Gasteiger charge is -2.27. The number of aromatic nitrogens is 1. The Hall–Kier alpha value is -3.69. The predicted molar refractivity (Wildman–Crippen MR) is 162 cm³/mol. The summed E-state index contributed by atoms with van der Waals surface area (Å²) in [5.41, 5.74) is 12.7. The van der Waals surface area contributed by atoms with E-state index in [2.05, 4.69) is 80.7 Å². The molecule has 196 valence electrons. The highest BCUT2D eigenvalue weighted by Crippen LogP contribution is 2.43. The van der Waals surface area contributed by atoms with Gasteiger partial charge in [-0.25, -0.2) is 0 Å². The van der Waals surface area contributed by atoms with E-state index < -0.39 is 0 Å². The number of hydrogen-bond acceptors (Lipinski definition) is 2. The molecule has 0 bridgehead atoms. The van der Waals surface area contributed by atoms with Crippen molar-refractivity contribution in [2.45, 2.75) is 58.8 Å². The minimum absolute atomic E-state index is 0.0698. The van der Waals surface area contributed by atoms with Crippen molar-refractivity contribution < 1.29 is 4.79 Å². The van der Waals surface area contributed by atoms with Gasteiger partial charge in [0.1, 0.15) is 0 Å². The second-order valence-corrected chi connectivity index (χ2v) is 11.3. The molecule has 4 aromatic rings. The number of carbonyl (C=O) groups is 1. The number of nitrogens with zero attached hydrogens (tertiary/aromatic N) is 1. The second-order valence-electron chi connectivity index (χ2n) is 10.9. The maximum atomic E-state index is 13.1. The quantitative estimate of drug-likeness (QED) is 0.251. The van der Waals surface area contributed by atoms with Crippen LogP contribution in [0.2, 0.25) is 5.02 Å². The zero-order valence-corrected chi connectivity index (χ0v) is 23.5. The molecule has 0 unspecified atom stereocenters. The Balaban J connectivity index is 1.34. The number of aryl methyl sites for hydroxylation is 2. The largest absolute Gasteiger partial charge is 0.321 e. The Morgan fingerprint density at radius 2 is 1.82 bits per heavy atom. The minimum Gasteiger partial charge on any atom is -0.321 e. The Kier molecular flexibility index (Phi) is 6.86. The molecule has 1 N–H and O–H groups in total. The first-order valence-corrected chi connectivity index (χ1v) is 14.3. The van der Waals surface area contributed by atoms with Crippen LogP contribution in [0, 0.1) is 6.92 Å². The third-order valence-corrected chi connectivity index (χ3v) is 8.71. The topological polar surface area (TPSA) is 42.0 Å². The number of allylic oxidation sites excluding steroid dienone is 1. The van der Waals surface area contributed by atoms with Gasteiger partial charge in [0, 0.05) is 34.0 Å². The highest BCUT2D eigenvalue weighted by Gasteiger charge is 2.28. The van der Waals surface area contributed by atoms with Gasteiger partial charge in [-0.15, -0.1) is 0 Å². The highest BCUT2D eigenvalue weighted by atomic mass is 35.5. The van der Waals surface area contributed by atoms with Crippen LogP contribution in [0.4, 0.5) is 5.69 Å². The molecule has 6 rings (SSSR count). The number of fused-ring (bicyclic) bond motifs is 1. The number of hydrogen-bond donors (Lipinski definition) is 1. The molecule has 1 fully saturated rings. The molecule has 0 saturated heterocycles. The minimum atomic E-state index is -0.0698. The summed E-state index contributed by atoms with van der Waals surface area (Å²) in [6, 6.07) is 23.3. The van der Waals surface area contributed by atoms with Crippen LogP contribution in [-0.4, -0.2) is 10.9 Å². The molecule has 3 aromatic carbocycles. The van der Waals surface area contributed by atoms with Crippen LogP contribution in [0.1, 0.15) is 66.8 Å². The van der Waals surface area contributed by atoms with Crippen LogP contribution in [-0.2, 0) is 17.6 Å². The van der Waals surface area contributed by atoms with Gasteiger partial charge in [0.2, 0.25) is 0 Å². The molecule has 39 heavy (non-hydrogen) atoms. The lowest BCUT2D eigenvalue weighted by molar-refractivity contribution is -0.110. The smallest absolute Gasteiger partial charge is 0.256 e. The fourth-order valence-corrected chi connectivity index (χ4v) is 6.24. The van der Waals surface area contributed by atoms with Crippen molar-refractivity contribution in [3.8, 4) is 22.4 Å². The molecule has 1 aromatic heterocycles. The second kappa shape index (κ2) is 10.5. The Labute approximate surface area is 236 Å². The molecule has 0 radical (unpaired) electrons. The molecule has 4 heteroatoms. The van der Waals surface area contributed by atoms with Crippen molar-refractivity contribution >= 4 is 28.8 Å². The first kappa shape index (κ1) is 25.6. The van der Waals surface area contributed by atoms with E-state index in [9.17, 15) is 4.79 Å². The predicted octanol–water partition coefficient (Wildman–Crippen LogP) is 9.18. The van der Waals surface area contributed by atoms with Crippen molar-refractivity contribution in [1.29, 1.82) is 0 Å². The lowest BCUT2D eigenvalue weighted by Crippen LogP contribution is -2.10. The number of amides is 1. The summed E-state index contributed by atoms with van der Waals surface area (Å²) in [5.74, 6) is 0.570. The molecule has 3 nitrogen and oxygen atoms in total. The standard InChI is InChI=1S/C35H33ClN2O/c1-4-24-17-23(13-12-21(24)2)16-22(3)34-30-18-29(31(36)19-33(30)38-35(34)39)26-14-15-32(37-20-26)28-11-6-5-10-27(28)25-8-7-9-25/h5-6,10-15,17-20,25H,4,7-9,16H2,1-3H3,(H,38,39)/b34-22-. The van der Waals surface area contributed by atoms with Crippen LogP contribution in [0.25, 0.3) is 28.0 Å². The average molecular weight is 533 g/mol. The average Bonchev–Trinajstić information content (AvgIpc) is 3.23. The van der Waals surface area contributed by atoms with Crippen LogP contribution < -0.4 is 5.32 Å². The van der Waals surface area contributed by atoms with Crippen LogP contribution >= 0.6 is 11.6 Å². The number of benzene rings is 3. The maximum Gasteiger partial charge on any atom is 0.256 e. The molecule has 1 amide bonds. The molecule has 0 spiro atoms. The van der Waals surface area contributed by atoms with E-state index in [0.29, 0.717) is 10.9 Å². The number of nitrogens with one attached hydrogen (secondary N) is 1. The summed E-state index contributed by atoms with van der Waals surface area (Å²) in [6.07, 6.45) is 7.44. The first-order valence-electron chi connectivity index (χ1n) is 13.9. The number of halogens is 1. The molecule has 1 aliphatic carbocycles. The SMILES string of the molecule is CCc1cc(C/C(C)=C2\C(=O)Nc3cc(Cl)c(-c4ccc(-c5ccccc5C5CCC5)nc4)cc32)ccc1C. The number of rotatable bonds is 6. The van der Waals surface area contributed by atoms with Gasteiger partial charge < -0.3 is 5.32 Å². The molecular formula is C35H33ClN2O. The summed E-state index contributed by atoms with van der Waals surface area (Å²) in [7, 11) is 0. The van der Waals surface area contributed by atoms with Crippen molar-refractivity contribution in [3.05, 3.63) is 111 Å². The third-order valence-electron chi connectivity index (χ3n) is 8.40. The van der Waals surface area contributed by atoms with Gasteiger partial charge in [-0.3, -0.25) is 9.78 Å². The first-order chi connectivity index (χ1) is 18.9. The normalized spacial score (nSPS) is 16.1. The van der Waals surface area contributed by atoms with E-state index in [1.54, 1.807) is 0 Å². The van der Waals surface area contributed by atoms with Gasteiger partial charge in [-0.1, -0.05) is 79.0 Å². The number of anilines is 1. The zero-order chi connectivity index (χ0) is 27.1. The van der Waals surface area contributed by atoms with Crippen molar-refractivity contribution in [2.24, 2.45) is 0 Å². The van der Waals surface area contributed by atoms with E-state index in [-0.39, 0.29) is 5.91 Å². The highest BCUT2D eigenvalue weighted by molar-refractivity contribution is 6.36. The maximum absolute atomic E-state index is 13.1. The lowest BCUT2D eigenvalue weighted by atomic mass is 9.78. The van der Waals surface area contributed by atoms with Crippen LogP contribution in [0.3, 0.4) is 0 Å². The molecule has 1 saturated carbocycles.